The molecule has 1 aromatic heterocycles. The van der Waals surface area contributed by atoms with Gasteiger partial charge in [-0.2, -0.15) is 10.2 Å². The van der Waals surface area contributed by atoms with Crippen LogP contribution in [0.2, 0.25) is 0 Å². The molecule has 5 heteroatoms. The second-order valence-electron chi connectivity index (χ2n) is 4.96. The Morgan fingerprint density at radius 3 is 2.95 bits per heavy atom. The molecule has 0 aliphatic carbocycles. The standard InChI is InChI=1S/C15H16N4O/c1-11-10-19(15(20)13-6-7-17-18-9-13)14-5-3-2-4-12(14)8-16-11/h2-7,9,11,16H,8,10H2,1H3. The fraction of sp³-hybridized carbons (Fsp3) is 0.267. The van der Waals surface area contributed by atoms with E-state index in [2.05, 4.69) is 22.4 Å². The highest BCUT2D eigenvalue weighted by Crippen LogP contribution is 2.24. The minimum atomic E-state index is -0.0390. The van der Waals surface area contributed by atoms with Crippen molar-refractivity contribution in [1.29, 1.82) is 0 Å². The van der Waals surface area contributed by atoms with E-state index in [4.69, 9.17) is 0 Å². The van der Waals surface area contributed by atoms with Crippen molar-refractivity contribution in [2.24, 2.45) is 0 Å². The summed E-state index contributed by atoms with van der Waals surface area (Å²) in [6.45, 7) is 3.49. The second kappa shape index (κ2) is 5.38. The van der Waals surface area contributed by atoms with Gasteiger partial charge in [-0.05, 0) is 24.6 Å². The van der Waals surface area contributed by atoms with Crippen LogP contribution in [0, 0.1) is 0 Å². The third-order valence-electron chi connectivity index (χ3n) is 3.46. The summed E-state index contributed by atoms with van der Waals surface area (Å²) in [6.07, 6.45) is 3.05. The highest BCUT2D eigenvalue weighted by atomic mass is 16.2. The molecule has 2 aromatic rings. The summed E-state index contributed by atoms with van der Waals surface area (Å²) >= 11 is 0. The normalized spacial score (nSPS) is 18.2. The summed E-state index contributed by atoms with van der Waals surface area (Å²) in [6, 6.07) is 9.92. The number of amides is 1. The molecule has 1 aliphatic heterocycles. The van der Waals surface area contributed by atoms with E-state index in [9.17, 15) is 4.79 Å². The van der Waals surface area contributed by atoms with Crippen molar-refractivity contribution < 1.29 is 4.79 Å². The third kappa shape index (κ3) is 2.40. The molecule has 0 radical (unpaired) electrons. The van der Waals surface area contributed by atoms with E-state index in [0.29, 0.717) is 12.1 Å². The van der Waals surface area contributed by atoms with Gasteiger partial charge in [-0.3, -0.25) is 4.79 Å². The van der Waals surface area contributed by atoms with Crippen LogP contribution in [0.4, 0.5) is 5.69 Å². The zero-order valence-electron chi connectivity index (χ0n) is 11.3. The molecule has 1 unspecified atom stereocenters. The molecule has 1 N–H and O–H groups in total. The van der Waals surface area contributed by atoms with E-state index in [1.165, 1.54) is 6.20 Å². The van der Waals surface area contributed by atoms with Crippen molar-refractivity contribution in [2.75, 3.05) is 11.4 Å². The van der Waals surface area contributed by atoms with E-state index in [0.717, 1.165) is 17.8 Å². The number of para-hydroxylation sites is 1. The Labute approximate surface area is 117 Å². The highest BCUT2D eigenvalue weighted by Gasteiger charge is 2.24. The minimum absolute atomic E-state index is 0.0390. The van der Waals surface area contributed by atoms with E-state index in [1.807, 2.05) is 29.2 Å². The topological polar surface area (TPSA) is 58.1 Å². The first kappa shape index (κ1) is 12.7. The summed E-state index contributed by atoms with van der Waals surface area (Å²) in [5.74, 6) is -0.0390. The van der Waals surface area contributed by atoms with Gasteiger partial charge >= 0.3 is 0 Å². The van der Waals surface area contributed by atoms with Crippen LogP contribution in [0.3, 0.4) is 0 Å². The van der Waals surface area contributed by atoms with Crippen LogP contribution in [0.15, 0.2) is 42.7 Å². The zero-order valence-corrected chi connectivity index (χ0v) is 11.3. The number of nitrogens with one attached hydrogen (secondary N) is 1. The van der Waals surface area contributed by atoms with Gasteiger partial charge in [-0.25, -0.2) is 0 Å². The summed E-state index contributed by atoms with van der Waals surface area (Å²) in [5.41, 5.74) is 2.65. The average molecular weight is 268 g/mol. The van der Waals surface area contributed by atoms with Crippen LogP contribution >= 0.6 is 0 Å². The van der Waals surface area contributed by atoms with Crippen molar-refractivity contribution in [2.45, 2.75) is 19.5 Å². The minimum Gasteiger partial charge on any atom is -0.308 e. The molecular formula is C15H16N4O. The average Bonchev–Trinajstić information content (AvgIpc) is 2.67. The number of nitrogens with zero attached hydrogens (tertiary/aromatic N) is 3. The zero-order chi connectivity index (χ0) is 13.9. The van der Waals surface area contributed by atoms with Crippen LogP contribution in [-0.4, -0.2) is 28.7 Å². The van der Waals surface area contributed by atoms with Crippen molar-refractivity contribution in [1.82, 2.24) is 15.5 Å². The lowest BCUT2D eigenvalue weighted by molar-refractivity contribution is 0.0985. The maximum atomic E-state index is 12.7. The number of fused-ring (bicyclic) bond motifs is 1. The van der Waals surface area contributed by atoms with Crippen molar-refractivity contribution in [3.63, 3.8) is 0 Å². The van der Waals surface area contributed by atoms with Gasteiger partial charge in [-0.15, -0.1) is 0 Å². The molecule has 2 heterocycles. The Balaban J connectivity index is 2.01. The lowest BCUT2D eigenvalue weighted by atomic mass is 10.1. The highest BCUT2D eigenvalue weighted by molar-refractivity contribution is 6.06. The first-order chi connectivity index (χ1) is 9.75. The van der Waals surface area contributed by atoms with Crippen molar-refractivity contribution in [3.05, 3.63) is 53.9 Å². The van der Waals surface area contributed by atoms with E-state index >= 15 is 0 Å². The molecule has 0 saturated heterocycles. The Hall–Kier alpha value is -2.27. The van der Waals surface area contributed by atoms with E-state index < -0.39 is 0 Å². The van der Waals surface area contributed by atoms with Crippen LogP contribution in [-0.2, 0) is 6.54 Å². The number of aromatic nitrogens is 2. The van der Waals surface area contributed by atoms with Gasteiger partial charge in [0.15, 0.2) is 0 Å². The molecule has 0 saturated carbocycles. The molecule has 0 spiro atoms. The number of carbonyl (C=O) groups is 1. The Morgan fingerprint density at radius 1 is 1.30 bits per heavy atom. The molecule has 3 rings (SSSR count). The third-order valence-corrected chi connectivity index (χ3v) is 3.46. The lowest BCUT2D eigenvalue weighted by Gasteiger charge is -2.24. The molecule has 1 amide bonds. The molecular weight excluding hydrogens is 252 g/mol. The summed E-state index contributed by atoms with van der Waals surface area (Å²) in [7, 11) is 0. The molecule has 5 nitrogen and oxygen atoms in total. The maximum absolute atomic E-state index is 12.7. The second-order valence-corrected chi connectivity index (χ2v) is 4.96. The van der Waals surface area contributed by atoms with Crippen molar-refractivity contribution >= 4 is 11.6 Å². The summed E-state index contributed by atoms with van der Waals surface area (Å²) in [4.78, 5) is 14.5. The fourth-order valence-electron chi connectivity index (χ4n) is 2.41. The van der Waals surface area contributed by atoms with Gasteiger partial charge in [0.05, 0.1) is 18.0 Å². The Morgan fingerprint density at radius 2 is 2.15 bits per heavy atom. The van der Waals surface area contributed by atoms with Gasteiger partial charge in [0.2, 0.25) is 0 Å². The molecule has 0 bridgehead atoms. The number of rotatable bonds is 1. The number of anilines is 1. The van der Waals surface area contributed by atoms with E-state index in [1.54, 1.807) is 12.3 Å². The number of carbonyl (C=O) groups excluding carboxylic acids is 1. The first-order valence-electron chi connectivity index (χ1n) is 6.65. The molecule has 1 aliphatic rings. The lowest BCUT2D eigenvalue weighted by Crippen LogP contribution is -2.39. The van der Waals surface area contributed by atoms with Crippen molar-refractivity contribution in [3.8, 4) is 0 Å². The monoisotopic (exact) mass is 268 g/mol. The molecule has 1 atom stereocenters. The van der Waals surface area contributed by atoms with Crippen LogP contribution < -0.4 is 10.2 Å². The molecule has 102 valence electrons. The molecule has 0 fully saturated rings. The number of hydrogen-bond acceptors (Lipinski definition) is 4. The van der Waals surface area contributed by atoms with Crippen LogP contribution in [0.1, 0.15) is 22.8 Å². The van der Waals surface area contributed by atoms with Gasteiger partial charge in [0.25, 0.3) is 5.91 Å². The Kier molecular flexibility index (Phi) is 3.43. The maximum Gasteiger partial charge on any atom is 0.260 e. The molecule has 1 aromatic carbocycles. The summed E-state index contributed by atoms with van der Waals surface area (Å²) in [5, 5.41) is 10.9. The SMILES string of the molecule is CC1CN(C(=O)c2ccnnc2)c2ccccc2CN1. The van der Waals surface area contributed by atoms with Gasteiger partial charge in [0, 0.05) is 24.8 Å². The number of hydrogen-bond donors (Lipinski definition) is 1. The first-order valence-corrected chi connectivity index (χ1v) is 6.65. The van der Waals surface area contributed by atoms with Crippen LogP contribution in [0.5, 0.6) is 0 Å². The smallest absolute Gasteiger partial charge is 0.260 e. The van der Waals surface area contributed by atoms with Gasteiger partial charge in [-0.1, -0.05) is 18.2 Å². The fourth-order valence-corrected chi connectivity index (χ4v) is 2.41. The molecule has 20 heavy (non-hydrogen) atoms. The summed E-state index contributed by atoms with van der Waals surface area (Å²) < 4.78 is 0. The van der Waals surface area contributed by atoms with E-state index in [-0.39, 0.29) is 11.9 Å². The van der Waals surface area contributed by atoms with Gasteiger partial charge in [0.1, 0.15) is 0 Å². The van der Waals surface area contributed by atoms with Gasteiger partial charge < -0.3 is 10.2 Å². The largest absolute Gasteiger partial charge is 0.308 e. The predicted octanol–water partition coefficient (Wildman–Crippen LogP) is 1.62. The predicted molar refractivity (Wildman–Crippen MR) is 76.5 cm³/mol. The quantitative estimate of drug-likeness (QED) is 0.853. The Bertz CT molecular complexity index is 614. The number of benzene rings is 1. The van der Waals surface area contributed by atoms with Crippen LogP contribution in [0.25, 0.3) is 0 Å².